The molecule has 2 heterocycles. The Hall–Kier alpha value is -3.86. The lowest BCUT2D eigenvalue weighted by Gasteiger charge is -2.15. The average Bonchev–Trinajstić information content (AvgIpc) is 2.90. The van der Waals surface area contributed by atoms with Crippen molar-refractivity contribution in [2.45, 2.75) is 40.2 Å². The summed E-state index contributed by atoms with van der Waals surface area (Å²) in [6.07, 6.45) is 1.83. The number of benzene rings is 2. The lowest BCUT2D eigenvalue weighted by molar-refractivity contribution is 0.306. The molecule has 0 saturated heterocycles. The molecule has 0 aliphatic heterocycles. The Morgan fingerprint density at radius 3 is 2.49 bits per heavy atom. The predicted octanol–water partition coefficient (Wildman–Crippen LogP) is 6.88. The largest absolute Gasteiger partial charge is 0.494 e. The predicted molar refractivity (Wildman–Crippen MR) is 150 cm³/mol. The lowest BCUT2D eigenvalue weighted by Crippen LogP contribution is -2.01. The Kier molecular flexibility index (Phi) is 9.67. The topological polar surface area (TPSA) is 106 Å². The molecule has 3 N–H and O–H groups in total. The van der Waals surface area contributed by atoms with Crippen LogP contribution >= 0.6 is 11.6 Å². The van der Waals surface area contributed by atoms with E-state index in [1.165, 1.54) is 7.05 Å². The van der Waals surface area contributed by atoms with Crippen LogP contribution in [0.1, 0.15) is 49.2 Å². The summed E-state index contributed by atoms with van der Waals surface area (Å²) >= 11 is 6.53. The van der Waals surface area contributed by atoms with Gasteiger partial charge in [-0.25, -0.2) is 0 Å². The second-order valence-electron chi connectivity index (χ2n) is 8.48. The van der Waals surface area contributed by atoms with Gasteiger partial charge in [-0.15, -0.1) is 0 Å². The van der Waals surface area contributed by atoms with Gasteiger partial charge in [0.05, 0.1) is 34.1 Å². The van der Waals surface area contributed by atoms with Crippen LogP contribution < -0.4 is 20.5 Å². The normalized spacial score (nSPS) is 10.5. The first-order chi connectivity index (χ1) is 17.9. The van der Waals surface area contributed by atoms with Gasteiger partial charge in [-0.2, -0.15) is 5.26 Å². The van der Waals surface area contributed by atoms with E-state index in [-0.39, 0.29) is 0 Å². The fourth-order valence-electron chi connectivity index (χ4n) is 3.75. The second-order valence-corrected chi connectivity index (χ2v) is 8.88. The number of hydrogen-bond donors (Lipinski definition) is 2. The summed E-state index contributed by atoms with van der Waals surface area (Å²) in [6, 6.07) is 17.4. The molecule has 0 aliphatic carbocycles. The minimum atomic E-state index is 0.368. The highest BCUT2D eigenvalue weighted by atomic mass is 35.5. The molecule has 2 aromatic carbocycles. The Labute approximate surface area is 223 Å². The van der Waals surface area contributed by atoms with Crippen LogP contribution in [0.5, 0.6) is 11.5 Å². The highest BCUT2D eigenvalue weighted by Gasteiger charge is 2.15. The minimum absolute atomic E-state index is 0.368. The maximum Gasteiger partial charge on any atom is 0.138 e. The number of hydrogen-bond acceptors (Lipinski definition) is 7. The number of nitrogens with zero attached hydrogens (tertiary/aromatic N) is 3. The van der Waals surface area contributed by atoms with E-state index in [2.05, 4.69) is 40.9 Å². The summed E-state index contributed by atoms with van der Waals surface area (Å²) in [4.78, 5) is 9.07. The van der Waals surface area contributed by atoms with Crippen molar-refractivity contribution in [1.29, 1.82) is 5.26 Å². The first-order valence-corrected chi connectivity index (χ1v) is 12.5. The van der Waals surface area contributed by atoms with E-state index in [0.717, 1.165) is 33.6 Å². The van der Waals surface area contributed by atoms with Gasteiger partial charge in [-0.3, -0.25) is 9.97 Å². The van der Waals surface area contributed by atoms with Crippen molar-refractivity contribution in [2.75, 3.05) is 19.0 Å². The van der Waals surface area contributed by atoms with Gasteiger partial charge >= 0.3 is 0 Å². The van der Waals surface area contributed by atoms with Gasteiger partial charge in [0.25, 0.3) is 0 Å². The molecule has 0 fully saturated rings. The van der Waals surface area contributed by atoms with E-state index in [1.54, 1.807) is 6.07 Å². The molecule has 4 rings (SSSR count). The highest BCUT2D eigenvalue weighted by molar-refractivity contribution is 6.32. The average molecular weight is 518 g/mol. The number of aromatic nitrogens is 2. The van der Waals surface area contributed by atoms with Crippen LogP contribution in [0.15, 0.2) is 54.7 Å². The molecule has 2 aromatic heterocycles. The molecule has 0 bridgehead atoms. The maximum absolute atomic E-state index is 9.79. The number of nitriles is 1. The number of aryl methyl sites for hydroxylation is 1. The first kappa shape index (κ1) is 27.7. The van der Waals surface area contributed by atoms with E-state index < -0.39 is 0 Å². The molecule has 0 radical (unpaired) electrons. The lowest BCUT2D eigenvalue weighted by atomic mass is 10.1. The monoisotopic (exact) mass is 517 g/mol. The molecule has 0 atom stereocenters. The Bertz CT molecular complexity index is 1400. The minimum Gasteiger partial charge on any atom is -0.494 e. The van der Waals surface area contributed by atoms with Crippen LogP contribution in [0.3, 0.4) is 0 Å². The number of halogens is 1. The number of nitrogens with two attached hydrogens (primary N) is 1. The zero-order valence-corrected chi connectivity index (χ0v) is 22.6. The molecular weight excluding hydrogens is 486 g/mol. The van der Waals surface area contributed by atoms with Gasteiger partial charge in [-0.1, -0.05) is 31.5 Å². The van der Waals surface area contributed by atoms with E-state index >= 15 is 0 Å². The van der Waals surface area contributed by atoms with E-state index in [1.807, 2.05) is 62.5 Å². The van der Waals surface area contributed by atoms with Crippen molar-refractivity contribution in [2.24, 2.45) is 5.73 Å². The Balaban J connectivity index is 0.00000186. The molecule has 7 nitrogen and oxygen atoms in total. The van der Waals surface area contributed by atoms with Crippen molar-refractivity contribution in [1.82, 2.24) is 9.97 Å². The fraction of sp³-hybridized carbons (Fsp3) is 0.276. The van der Waals surface area contributed by atoms with Gasteiger partial charge in [0.15, 0.2) is 0 Å². The van der Waals surface area contributed by atoms with Crippen LogP contribution in [-0.4, -0.2) is 23.6 Å². The summed E-state index contributed by atoms with van der Waals surface area (Å²) in [6.45, 7) is 8.92. The zero-order chi connectivity index (χ0) is 26.9. The molecule has 0 spiro atoms. The van der Waals surface area contributed by atoms with E-state index in [9.17, 15) is 5.26 Å². The van der Waals surface area contributed by atoms with Crippen molar-refractivity contribution in [3.05, 3.63) is 82.3 Å². The second kappa shape index (κ2) is 12.9. The summed E-state index contributed by atoms with van der Waals surface area (Å²) < 4.78 is 11.5. The molecule has 0 amide bonds. The Morgan fingerprint density at radius 1 is 1.08 bits per heavy atom. The molecule has 192 valence electrons. The van der Waals surface area contributed by atoms with Gasteiger partial charge in [0.1, 0.15) is 24.2 Å². The molecule has 0 saturated carbocycles. The number of rotatable bonds is 8. The molecule has 0 aliphatic rings. The van der Waals surface area contributed by atoms with Crippen molar-refractivity contribution >= 4 is 33.9 Å². The number of fused-ring (bicyclic) bond motifs is 1. The van der Waals surface area contributed by atoms with Crippen LogP contribution in [0, 0.1) is 18.3 Å². The van der Waals surface area contributed by atoms with Crippen LogP contribution in [0.4, 0.5) is 11.4 Å². The highest BCUT2D eigenvalue weighted by Crippen LogP contribution is 2.35. The summed E-state index contributed by atoms with van der Waals surface area (Å²) in [5, 5.41) is 14.4. The standard InChI is InChI=1S/C28H27ClN4O2.CH5N/c1-5-34-21-8-9-22-26(13-21)32-18(4)23(14-30)28(22)33-20-7-11-27(24(29)12-20)35-16-19-6-10-25(17(2)3)31-15-19;1-2/h6-13,15,17H,5,16H2,1-4H3,(H,32,33);2H2,1H3. The number of ether oxygens (including phenoxy) is 2. The molecule has 8 heteroatoms. The van der Waals surface area contributed by atoms with Gasteiger partial charge in [-0.05, 0) is 63.2 Å². The van der Waals surface area contributed by atoms with Gasteiger partial charge in [0.2, 0.25) is 0 Å². The van der Waals surface area contributed by atoms with Gasteiger partial charge < -0.3 is 20.5 Å². The number of anilines is 2. The Morgan fingerprint density at radius 2 is 1.86 bits per heavy atom. The third-order valence-electron chi connectivity index (χ3n) is 5.60. The molecule has 4 aromatic rings. The summed E-state index contributed by atoms with van der Waals surface area (Å²) in [5.74, 6) is 1.69. The molecule has 0 unspecified atom stereocenters. The van der Waals surface area contributed by atoms with Crippen molar-refractivity contribution < 1.29 is 9.47 Å². The maximum atomic E-state index is 9.79. The van der Waals surface area contributed by atoms with E-state index in [0.29, 0.717) is 46.8 Å². The first-order valence-electron chi connectivity index (χ1n) is 12.1. The quantitative estimate of drug-likeness (QED) is 0.262. The van der Waals surface area contributed by atoms with E-state index in [4.69, 9.17) is 21.1 Å². The summed E-state index contributed by atoms with van der Waals surface area (Å²) in [5.41, 5.74) is 9.80. The van der Waals surface area contributed by atoms with Gasteiger partial charge in [0, 0.05) is 34.6 Å². The molecular formula is C29H32ClN5O2. The third kappa shape index (κ3) is 6.67. The third-order valence-corrected chi connectivity index (χ3v) is 5.89. The van der Waals surface area contributed by atoms with Crippen LogP contribution in [0.2, 0.25) is 5.02 Å². The number of nitrogens with one attached hydrogen (secondary N) is 1. The van der Waals surface area contributed by atoms with Crippen LogP contribution in [-0.2, 0) is 6.61 Å². The summed E-state index contributed by atoms with van der Waals surface area (Å²) in [7, 11) is 1.50. The fourth-order valence-corrected chi connectivity index (χ4v) is 3.99. The van der Waals surface area contributed by atoms with Crippen molar-refractivity contribution in [3.8, 4) is 17.6 Å². The smallest absolute Gasteiger partial charge is 0.138 e. The molecule has 37 heavy (non-hydrogen) atoms. The van der Waals surface area contributed by atoms with Crippen molar-refractivity contribution in [3.63, 3.8) is 0 Å². The SMILES string of the molecule is CCOc1ccc2c(Nc3ccc(OCc4ccc(C(C)C)nc4)c(Cl)c3)c(C#N)c(C)nc2c1.CN. The number of pyridine rings is 2. The van der Waals surface area contributed by atoms with Crippen LogP contribution in [0.25, 0.3) is 10.9 Å². The zero-order valence-electron chi connectivity index (χ0n) is 21.8.